The maximum absolute atomic E-state index is 13.7. The number of hydrogen-bond acceptors (Lipinski definition) is 6. The maximum Gasteiger partial charge on any atom is 0.295 e. The zero-order valence-corrected chi connectivity index (χ0v) is 19.3. The van der Waals surface area contributed by atoms with Crippen molar-refractivity contribution in [3.05, 3.63) is 59.0 Å². The molecule has 0 spiro atoms. The van der Waals surface area contributed by atoms with E-state index in [2.05, 4.69) is 20.9 Å². The fourth-order valence-electron chi connectivity index (χ4n) is 4.89. The molecule has 1 aromatic carbocycles. The Hall–Kier alpha value is -2.87. The Balaban J connectivity index is 1.67. The van der Waals surface area contributed by atoms with Gasteiger partial charge in [-0.05, 0) is 56.0 Å². The summed E-state index contributed by atoms with van der Waals surface area (Å²) in [7, 11) is 1.46. The Labute approximate surface area is 194 Å². The van der Waals surface area contributed by atoms with E-state index in [0.717, 1.165) is 18.5 Å². The zero-order valence-electron chi connectivity index (χ0n) is 17.7. The first-order valence-corrected chi connectivity index (χ1v) is 11.5. The zero-order chi connectivity index (χ0) is 22.6. The number of benzene rings is 1. The van der Waals surface area contributed by atoms with Crippen LogP contribution >= 0.6 is 15.9 Å². The summed E-state index contributed by atoms with van der Waals surface area (Å²) >= 11 is 3.65. The lowest BCUT2D eigenvalue weighted by Gasteiger charge is -2.37. The minimum absolute atomic E-state index is 0.0179. The fraction of sp³-hybridized carbons (Fsp3) is 0.375. The minimum Gasteiger partial charge on any atom is -0.504 e. The number of carbonyl (C=O) groups is 2. The molecule has 1 saturated carbocycles. The smallest absolute Gasteiger partial charge is 0.295 e. The molecule has 1 aliphatic carbocycles. The SMILES string of the molecule is COc1cc(C2C3=C(OC4CCC(Br)CC4C3=O)C(=O)N2c2cccc(C)n2)ccc1O. The number of anilines is 1. The van der Waals surface area contributed by atoms with Crippen molar-refractivity contribution in [2.24, 2.45) is 5.92 Å². The number of ether oxygens (including phenoxy) is 2. The highest BCUT2D eigenvalue weighted by atomic mass is 79.9. The van der Waals surface area contributed by atoms with Crippen molar-refractivity contribution in [2.75, 3.05) is 12.0 Å². The molecule has 0 bridgehead atoms. The van der Waals surface area contributed by atoms with Crippen LogP contribution in [0.15, 0.2) is 47.7 Å². The Morgan fingerprint density at radius 1 is 1.22 bits per heavy atom. The fourth-order valence-corrected chi connectivity index (χ4v) is 5.56. The van der Waals surface area contributed by atoms with Gasteiger partial charge in [0.25, 0.3) is 5.91 Å². The summed E-state index contributed by atoms with van der Waals surface area (Å²) in [4.78, 5) is 33.7. The molecule has 8 heteroatoms. The molecule has 3 aliphatic rings. The topological polar surface area (TPSA) is 89.0 Å². The lowest BCUT2D eigenvalue weighted by molar-refractivity contribution is -0.131. The highest BCUT2D eigenvalue weighted by Crippen LogP contribution is 2.49. The number of aromatic hydroxyl groups is 1. The van der Waals surface area contributed by atoms with E-state index in [-0.39, 0.29) is 45.8 Å². The number of rotatable bonds is 3. The predicted molar refractivity (Wildman–Crippen MR) is 121 cm³/mol. The van der Waals surface area contributed by atoms with Gasteiger partial charge in [-0.15, -0.1) is 0 Å². The molecule has 1 fully saturated rings. The number of pyridine rings is 1. The molecule has 7 nitrogen and oxygen atoms in total. The van der Waals surface area contributed by atoms with Gasteiger partial charge in [0.15, 0.2) is 23.0 Å². The van der Waals surface area contributed by atoms with Crippen LogP contribution in [0.1, 0.15) is 36.6 Å². The van der Waals surface area contributed by atoms with Gasteiger partial charge in [0.05, 0.1) is 24.6 Å². The van der Waals surface area contributed by atoms with Gasteiger partial charge >= 0.3 is 0 Å². The third-order valence-corrected chi connectivity index (χ3v) is 7.26. The van der Waals surface area contributed by atoms with Gasteiger partial charge in [-0.1, -0.05) is 28.1 Å². The number of Topliss-reactive ketones (excluding diaryl/α,β-unsaturated/α-hetero) is 1. The number of fused-ring (bicyclic) bond motifs is 1. The van der Waals surface area contributed by atoms with E-state index in [9.17, 15) is 14.7 Å². The predicted octanol–water partition coefficient (Wildman–Crippen LogP) is 3.98. The third kappa shape index (κ3) is 3.28. The molecule has 4 unspecified atom stereocenters. The summed E-state index contributed by atoms with van der Waals surface area (Å²) in [5.74, 6) is 0.0800. The lowest BCUT2D eigenvalue weighted by atomic mass is 9.77. The van der Waals surface area contributed by atoms with Crippen LogP contribution < -0.4 is 9.64 Å². The summed E-state index contributed by atoms with van der Waals surface area (Å²) in [5, 5.41) is 10.1. The van der Waals surface area contributed by atoms with E-state index in [1.807, 2.05) is 19.1 Å². The van der Waals surface area contributed by atoms with Gasteiger partial charge in [-0.25, -0.2) is 4.98 Å². The van der Waals surface area contributed by atoms with Crippen LogP contribution in [0.5, 0.6) is 11.5 Å². The Morgan fingerprint density at radius 3 is 2.78 bits per heavy atom. The van der Waals surface area contributed by atoms with Crippen LogP contribution in [-0.2, 0) is 14.3 Å². The van der Waals surface area contributed by atoms with Crippen LogP contribution in [0.4, 0.5) is 5.82 Å². The molecule has 1 N–H and O–H groups in total. The minimum atomic E-state index is -0.717. The molecular formula is C24H23BrN2O5. The molecule has 0 radical (unpaired) electrons. The number of hydrogen-bond donors (Lipinski definition) is 1. The quantitative estimate of drug-likeness (QED) is 0.643. The Bertz CT molecular complexity index is 1150. The van der Waals surface area contributed by atoms with Gasteiger partial charge in [0.1, 0.15) is 11.9 Å². The Kier molecular flexibility index (Phi) is 5.20. The first-order valence-electron chi connectivity index (χ1n) is 10.6. The average molecular weight is 499 g/mol. The molecule has 2 aromatic rings. The van der Waals surface area contributed by atoms with Crippen LogP contribution in [-0.4, -0.2) is 39.8 Å². The number of phenolic OH excluding ortho intramolecular Hbond substituents is 1. The van der Waals surface area contributed by atoms with Crippen molar-refractivity contribution in [2.45, 2.75) is 43.2 Å². The molecule has 166 valence electrons. The van der Waals surface area contributed by atoms with E-state index in [1.54, 1.807) is 18.2 Å². The van der Waals surface area contributed by atoms with E-state index in [1.165, 1.54) is 18.1 Å². The van der Waals surface area contributed by atoms with Gasteiger partial charge in [-0.2, -0.15) is 0 Å². The van der Waals surface area contributed by atoms with Crippen molar-refractivity contribution in [1.29, 1.82) is 0 Å². The van der Waals surface area contributed by atoms with Gasteiger partial charge in [0, 0.05) is 10.5 Å². The first kappa shape index (κ1) is 21.0. The van der Waals surface area contributed by atoms with E-state index < -0.39 is 6.04 Å². The number of amides is 1. The summed E-state index contributed by atoms with van der Waals surface area (Å²) in [6.07, 6.45) is 1.99. The summed E-state index contributed by atoms with van der Waals surface area (Å²) < 4.78 is 11.5. The molecule has 2 aliphatic heterocycles. The number of nitrogens with zero attached hydrogens (tertiary/aromatic N) is 2. The van der Waals surface area contributed by atoms with Crippen LogP contribution in [0.2, 0.25) is 0 Å². The Morgan fingerprint density at radius 2 is 2.03 bits per heavy atom. The number of halogens is 1. The van der Waals surface area contributed by atoms with Crippen molar-refractivity contribution in [1.82, 2.24) is 4.98 Å². The number of ketones is 1. The number of carbonyl (C=O) groups excluding carboxylic acids is 2. The molecule has 4 atom stereocenters. The van der Waals surface area contributed by atoms with Crippen molar-refractivity contribution < 1.29 is 24.2 Å². The molecule has 5 rings (SSSR count). The summed E-state index contributed by atoms with van der Waals surface area (Å²) in [6, 6.07) is 9.56. The second kappa shape index (κ2) is 7.92. The molecular weight excluding hydrogens is 476 g/mol. The molecule has 0 saturated heterocycles. The molecule has 1 aromatic heterocycles. The lowest BCUT2D eigenvalue weighted by Crippen LogP contribution is -2.41. The second-order valence-electron chi connectivity index (χ2n) is 8.43. The van der Waals surface area contributed by atoms with Crippen molar-refractivity contribution in [3.8, 4) is 11.5 Å². The normalized spacial score (nSPS) is 27.2. The van der Waals surface area contributed by atoms with E-state index in [4.69, 9.17) is 9.47 Å². The number of phenols is 1. The van der Waals surface area contributed by atoms with Crippen LogP contribution in [0.25, 0.3) is 0 Å². The number of aryl methyl sites for hydroxylation is 1. The summed E-state index contributed by atoms with van der Waals surface area (Å²) in [5.41, 5.74) is 1.75. The van der Waals surface area contributed by atoms with Gasteiger partial charge < -0.3 is 14.6 Å². The van der Waals surface area contributed by atoms with Crippen molar-refractivity contribution >= 4 is 33.4 Å². The largest absolute Gasteiger partial charge is 0.504 e. The first-order chi connectivity index (χ1) is 15.4. The number of aromatic nitrogens is 1. The highest BCUT2D eigenvalue weighted by Gasteiger charge is 2.53. The van der Waals surface area contributed by atoms with Crippen LogP contribution in [0, 0.1) is 12.8 Å². The molecule has 3 heterocycles. The second-order valence-corrected chi connectivity index (χ2v) is 9.72. The molecule has 1 amide bonds. The number of alkyl halides is 1. The van der Waals surface area contributed by atoms with E-state index in [0.29, 0.717) is 23.4 Å². The average Bonchev–Trinajstić information content (AvgIpc) is 3.07. The van der Waals surface area contributed by atoms with Gasteiger partial charge in [-0.3, -0.25) is 14.5 Å². The summed E-state index contributed by atoms with van der Waals surface area (Å²) in [6.45, 7) is 1.85. The monoisotopic (exact) mass is 498 g/mol. The number of methoxy groups -OCH3 is 1. The van der Waals surface area contributed by atoms with Crippen molar-refractivity contribution in [3.63, 3.8) is 0 Å². The molecule has 32 heavy (non-hydrogen) atoms. The van der Waals surface area contributed by atoms with E-state index >= 15 is 0 Å². The van der Waals surface area contributed by atoms with Gasteiger partial charge in [0.2, 0.25) is 0 Å². The third-order valence-electron chi connectivity index (χ3n) is 6.42. The standard InChI is InChI=1S/C24H23BrN2O5/c1-12-4-3-5-19(26-12)27-21(13-6-8-16(28)18(10-13)31-2)20-22(29)15-11-14(25)7-9-17(15)32-23(20)24(27)30/h3-6,8,10,14-15,17,21,28H,7,9,11H2,1-2H3. The maximum atomic E-state index is 13.7. The highest BCUT2D eigenvalue weighted by molar-refractivity contribution is 9.09. The van der Waals surface area contributed by atoms with Crippen LogP contribution in [0.3, 0.4) is 0 Å².